The van der Waals surface area contributed by atoms with E-state index in [2.05, 4.69) is 75.4 Å². The number of ether oxygens (including phenoxy) is 2. The minimum atomic E-state index is -1.27. The summed E-state index contributed by atoms with van der Waals surface area (Å²) in [4.78, 5) is 24.2. The van der Waals surface area contributed by atoms with Crippen molar-refractivity contribution in [1.82, 2.24) is 19.6 Å². The molecule has 1 aliphatic carbocycles. The molecule has 9 nitrogen and oxygen atoms in total. The van der Waals surface area contributed by atoms with Crippen molar-refractivity contribution >= 4 is 33.6 Å². The van der Waals surface area contributed by atoms with Gasteiger partial charge in [0.25, 0.3) is 0 Å². The third-order valence-corrected chi connectivity index (χ3v) is 12.9. The molecule has 4 aromatic rings. The van der Waals surface area contributed by atoms with Gasteiger partial charge >= 0.3 is 5.97 Å². The van der Waals surface area contributed by atoms with Crippen LogP contribution in [0.3, 0.4) is 0 Å². The maximum absolute atomic E-state index is 11.8. The molecule has 0 amide bonds. The van der Waals surface area contributed by atoms with Crippen LogP contribution >= 0.6 is 0 Å². The number of anilines is 1. The molecule has 0 saturated heterocycles. The van der Waals surface area contributed by atoms with Crippen molar-refractivity contribution in [3.8, 4) is 22.4 Å². The van der Waals surface area contributed by atoms with Gasteiger partial charge in [0, 0.05) is 63.7 Å². The zero-order valence-electron chi connectivity index (χ0n) is 30.5. The van der Waals surface area contributed by atoms with E-state index in [4.69, 9.17) is 24.5 Å². The Balaban J connectivity index is 1.58. The van der Waals surface area contributed by atoms with Crippen LogP contribution in [0.25, 0.3) is 28.0 Å². The molecule has 0 radical (unpaired) electrons. The third kappa shape index (κ3) is 9.65. The molecule has 5 rings (SSSR count). The zero-order valence-corrected chi connectivity index (χ0v) is 32.5. The molecule has 49 heavy (non-hydrogen) atoms. The Hall–Kier alpha value is -3.39. The molecule has 1 saturated carbocycles. The molecule has 264 valence electrons. The summed E-state index contributed by atoms with van der Waals surface area (Å²) >= 11 is 0. The van der Waals surface area contributed by atoms with Crippen LogP contribution in [0.2, 0.25) is 51.4 Å². The summed E-state index contributed by atoms with van der Waals surface area (Å²) in [5.41, 5.74) is 6.78. The number of carboxylic acid groups (broad SMARTS) is 1. The molecule has 0 spiro atoms. The summed E-state index contributed by atoms with van der Waals surface area (Å²) in [6.45, 7) is 18.6. The largest absolute Gasteiger partial charge is 0.481 e. The molecule has 11 heteroatoms. The summed E-state index contributed by atoms with van der Waals surface area (Å²) in [6, 6.07) is 16.5. The van der Waals surface area contributed by atoms with E-state index in [9.17, 15) is 9.90 Å². The highest BCUT2D eigenvalue weighted by atomic mass is 28.3. The van der Waals surface area contributed by atoms with Crippen LogP contribution in [0.4, 0.5) is 5.82 Å². The number of hydrogen-bond acceptors (Lipinski definition) is 7. The molecule has 0 bridgehead atoms. The van der Waals surface area contributed by atoms with Crippen molar-refractivity contribution in [1.29, 1.82) is 0 Å². The Bertz CT molecular complexity index is 1650. The van der Waals surface area contributed by atoms with Gasteiger partial charge in [0.2, 0.25) is 0 Å². The van der Waals surface area contributed by atoms with E-state index in [0.717, 1.165) is 76.5 Å². The van der Waals surface area contributed by atoms with Gasteiger partial charge in [-0.15, -0.1) is 0 Å². The van der Waals surface area contributed by atoms with E-state index in [1.807, 2.05) is 35.1 Å². The number of carbonyl (C=O) groups is 1. The second kappa shape index (κ2) is 16.1. The fourth-order valence-electron chi connectivity index (χ4n) is 6.45. The van der Waals surface area contributed by atoms with Gasteiger partial charge in [-0.25, -0.2) is 4.98 Å². The first-order valence-electron chi connectivity index (χ1n) is 17.9. The van der Waals surface area contributed by atoms with Crippen molar-refractivity contribution in [2.24, 2.45) is 5.92 Å². The molecule has 1 N–H and O–H groups in total. The molecule has 1 aliphatic rings. The van der Waals surface area contributed by atoms with Gasteiger partial charge in [-0.3, -0.25) is 9.78 Å². The molecular weight excluding hydrogens is 647 g/mol. The third-order valence-electron chi connectivity index (χ3n) is 9.50. The Morgan fingerprint density at radius 2 is 1.51 bits per heavy atom. The van der Waals surface area contributed by atoms with Crippen LogP contribution in [0.15, 0.2) is 54.9 Å². The molecule has 0 unspecified atom stereocenters. The molecule has 1 fully saturated rings. The average molecular weight is 702 g/mol. The van der Waals surface area contributed by atoms with Gasteiger partial charge in [0.05, 0.1) is 23.5 Å². The second-order valence-electron chi connectivity index (χ2n) is 15.9. The summed E-state index contributed by atoms with van der Waals surface area (Å²) < 4.78 is 14.8. The van der Waals surface area contributed by atoms with Crippen molar-refractivity contribution < 1.29 is 19.4 Å². The maximum Gasteiger partial charge on any atom is 0.306 e. The Morgan fingerprint density at radius 3 is 2.04 bits per heavy atom. The molecule has 3 aromatic heterocycles. The molecular formula is C38H55N5O4Si2. The van der Waals surface area contributed by atoms with E-state index in [1.165, 1.54) is 0 Å². The summed E-state index contributed by atoms with van der Waals surface area (Å²) in [7, 11) is -2.55. The Morgan fingerprint density at radius 1 is 0.878 bits per heavy atom. The number of fused-ring (bicyclic) bond motifs is 1. The number of rotatable bonds is 16. The van der Waals surface area contributed by atoms with Crippen LogP contribution in [-0.2, 0) is 20.7 Å². The fourth-order valence-corrected chi connectivity index (χ4v) is 7.96. The molecule has 0 atom stereocenters. The van der Waals surface area contributed by atoms with Crippen LogP contribution in [0, 0.1) is 5.92 Å². The van der Waals surface area contributed by atoms with Crippen molar-refractivity contribution in [2.45, 2.75) is 96.3 Å². The number of benzene rings is 1. The zero-order chi connectivity index (χ0) is 35.2. The SMILES string of the molecule is CCc1c(C2CCC(C(=O)O)CC2)nc2c(-c3ccc(-c4ccccc4)nc3)cnn2c1N(COCC[Si](C)(C)C)COCC[Si](C)(C)C. The van der Waals surface area contributed by atoms with Gasteiger partial charge < -0.3 is 19.5 Å². The summed E-state index contributed by atoms with van der Waals surface area (Å²) in [5.74, 6) is 0.127. The number of nitrogens with zero attached hydrogens (tertiary/aromatic N) is 5. The van der Waals surface area contributed by atoms with Crippen LogP contribution in [-0.4, -0.2) is 73.5 Å². The molecule has 3 heterocycles. The lowest BCUT2D eigenvalue weighted by Crippen LogP contribution is -2.34. The smallest absolute Gasteiger partial charge is 0.306 e. The summed E-state index contributed by atoms with van der Waals surface area (Å²) in [5, 5.41) is 14.7. The van der Waals surface area contributed by atoms with Crippen molar-refractivity contribution in [2.75, 3.05) is 31.6 Å². The average Bonchev–Trinajstić information content (AvgIpc) is 3.50. The fraction of sp³-hybridized carbons (Fsp3) is 0.526. The first-order valence-corrected chi connectivity index (χ1v) is 25.3. The maximum atomic E-state index is 11.8. The van der Waals surface area contributed by atoms with E-state index in [-0.39, 0.29) is 11.8 Å². The van der Waals surface area contributed by atoms with Gasteiger partial charge in [0.1, 0.15) is 19.3 Å². The number of carboxylic acids is 1. The van der Waals surface area contributed by atoms with Gasteiger partial charge in [-0.1, -0.05) is 82.6 Å². The number of hydrogen-bond donors (Lipinski definition) is 1. The highest BCUT2D eigenvalue weighted by Gasteiger charge is 2.32. The highest BCUT2D eigenvalue weighted by Crippen LogP contribution is 2.40. The highest BCUT2D eigenvalue weighted by molar-refractivity contribution is 6.76. The van der Waals surface area contributed by atoms with Crippen molar-refractivity contribution in [3.63, 3.8) is 0 Å². The minimum Gasteiger partial charge on any atom is -0.481 e. The first-order chi connectivity index (χ1) is 23.3. The monoisotopic (exact) mass is 701 g/mol. The van der Waals surface area contributed by atoms with Gasteiger partial charge in [-0.2, -0.15) is 9.61 Å². The number of aliphatic carboxylic acids is 1. The quantitative estimate of drug-likeness (QED) is 0.0703. The predicted molar refractivity (Wildman–Crippen MR) is 204 cm³/mol. The van der Waals surface area contributed by atoms with Gasteiger partial charge in [0.15, 0.2) is 5.65 Å². The van der Waals surface area contributed by atoms with Crippen LogP contribution < -0.4 is 4.90 Å². The van der Waals surface area contributed by atoms with E-state index in [1.54, 1.807) is 0 Å². The van der Waals surface area contributed by atoms with E-state index in [0.29, 0.717) is 39.5 Å². The van der Waals surface area contributed by atoms with E-state index < -0.39 is 22.1 Å². The van der Waals surface area contributed by atoms with Crippen LogP contribution in [0.5, 0.6) is 0 Å². The van der Waals surface area contributed by atoms with E-state index >= 15 is 0 Å². The van der Waals surface area contributed by atoms with Gasteiger partial charge in [-0.05, 0) is 50.3 Å². The lowest BCUT2D eigenvalue weighted by atomic mass is 9.79. The summed E-state index contributed by atoms with van der Waals surface area (Å²) in [6.07, 6.45) is 7.47. The Labute approximate surface area is 294 Å². The Kier molecular flexibility index (Phi) is 12.1. The predicted octanol–water partition coefficient (Wildman–Crippen LogP) is 8.81. The van der Waals surface area contributed by atoms with Crippen molar-refractivity contribution in [3.05, 3.63) is 66.1 Å². The van der Waals surface area contributed by atoms with Crippen LogP contribution in [0.1, 0.15) is 49.8 Å². The molecule has 1 aromatic carbocycles. The topological polar surface area (TPSA) is 102 Å². The first kappa shape index (κ1) is 36.9. The number of pyridine rings is 1. The lowest BCUT2D eigenvalue weighted by Gasteiger charge is -2.32. The number of aromatic nitrogens is 4. The normalized spacial score (nSPS) is 17.0. The molecule has 0 aliphatic heterocycles. The second-order valence-corrected chi connectivity index (χ2v) is 27.1. The lowest BCUT2D eigenvalue weighted by molar-refractivity contribution is -0.142. The standard InChI is InChI=1S/C38H55N5O4Si2/c1-8-32-35(29-14-16-30(17-15-29)38(44)45)41-36-33(31-18-19-34(39-24-31)28-12-10-9-11-13-28)25-40-43(36)37(32)42(26-46-20-22-48(2,3)4)27-47-21-23-49(5,6)7/h9-13,18-19,24-25,29-30H,8,14-17,20-23,26-27H2,1-7H3,(H,44,45). The minimum absolute atomic E-state index is 0.165.